The van der Waals surface area contributed by atoms with Crippen LogP contribution in [0, 0.1) is 20.8 Å². The van der Waals surface area contributed by atoms with Crippen LogP contribution in [-0.4, -0.2) is 27.2 Å². The maximum Gasteiger partial charge on any atom is 0.327 e. The zero-order valence-corrected chi connectivity index (χ0v) is 20.2. The van der Waals surface area contributed by atoms with Gasteiger partial charge in [-0.1, -0.05) is 41.9 Å². The van der Waals surface area contributed by atoms with Crippen molar-refractivity contribution in [3.05, 3.63) is 94.1 Å². The Balaban J connectivity index is 1.37. The number of carbonyl (C=O) groups is 1. The zero-order chi connectivity index (χ0) is 24.2. The lowest BCUT2D eigenvalue weighted by atomic mass is 10.1. The normalized spacial score (nSPS) is 12.0. The molecule has 0 saturated carbocycles. The van der Waals surface area contributed by atoms with Crippen LogP contribution in [0.5, 0.6) is 5.75 Å². The van der Waals surface area contributed by atoms with Gasteiger partial charge in [-0.2, -0.15) is 0 Å². The van der Waals surface area contributed by atoms with Crippen LogP contribution in [0.1, 0.15) is 34.4 Å². The maximum atomic E-state index is 12.0. The van der Waals surface area contributed by atoms with Gasteiger partial charge in [-0.15, -0.1) is 0 Å². The summed E-state index contributed by atoms with van der Waals surface area (Å²) < 4.78 is 13.5. The molecule has 0 radical (unpaired) electrons. The van der Waals surface area contributed by atoms with E-state index < -0.39 is 12.0 Å². The minimum Gasteiger partial charge on any atom is -0.493 e. The van der Waals surface area contributed by atoms with Gasteiger partial charge in [0.25, 0.3) is 0 Å². The van der Waals surface area contributed by atoms with Crippen molar-refractivity contribution in [2.45, 2.75) is 39.7 Å². The van der Waals surface area contributed by atoms with E-state index in [-0.39, 0.29) is 0 Å². The summed E-state index contributed by atoms with van der Waals surface area (Å²) in [6.07, 6.45) is 0.973. The first kappa shape index (κ1) is 23.6. The van der Waals surface area contributed by atoms with Gasteiger partial charge >= 0.3 is 5.97 Å². The molecule has 1 N–H and O–H groups in total. The lowest BCUT2D eigenvalue weighted by Crippen LogP contribution is -2.23. The number of rotatable bonds is 9. The van der Waals surface area contributed by atoms with Crippen LogP contribution in [0.15, 0.2) is 65.1 Å². The predicted octanol–water partition coefficient (Wildman–Crippen LogP) is 6.21. The molecular formula is C27H27ClN2O4. The monoisotopic (exact) mass is 478 g/mol. The third-order valence-electron chi connectivity index (χ3n) is 5.89. The molecule has 7 heteroatoms. The fraction of sp³-hybridized carbons (Fsp3) is 0.259. The van der Waals surface area contributed by atoms with Crippen molar-refractivity contribution in [1.29, 1.82) is 0 Å². The summed E-state index contributed by atoms with van der Waals surface area (Å²) in [5.41, 5.74) is 4.30. The number of oxazole rings is 1. The Kier molecular flexibility index (Phi) is 7.08. The number of aromatic nitrogens is 2. The van der Waals surface area contributed by atoms with Crippen LogP contribution < -0.4 is 4.74 Å². The number of nitrogens with zero attached hydrogens (tertiary/aromatic N) is 2. The van der Waals surface area contributed by atoms with Gasteiger partial charge in [0.1, 0.15) is 17.6 Å². The number of carboxylic acid groups (broad SMARTS) is 1. The molecule has 0 aliphatic rings. The summed E-state index contributed by atoms with van der Waals surface area (Å²) in [6.45, 7) is 6.06. The smallest absolute Gasteiger partial charge is 0.327 e. The fourth-order valence-corrected chi connectivity index (χ4v) is 4.33. The lowest BCUT2D eigenvalue weighted by Gasteiger charge is -2.19. The molecule has 2 aromatic heterocycles. The van der Waals surface area contributed by atoms with Gasteiger partial charge < -0.3 is 18.8 Å². The Morgan fingerprint density at radius 2 is 1.82 bits per heavy atom. The number of ether oxygens (including phenoxy) is 1. The average Bonchev–Trinajstić information content (AvgIpc) is 3.31. The van der Waals surface area contributed by atoms with E-state index in [4.69, 9.17) is 20.8 Å². The van der Waals surface area contributed by atoms with E-state index in [0.29, 0.717) is 30.4 Å². The number of hydrogen-bond acceptors (Lipinski definition) is 4. The van der Waals surface area contributed by atoms with Gasteiger partial charge in [-0.25, -0.2) is 9.78 Å². The number of benzene rings is 2. The van der Waals surface area contributed by atoms with Crippen molar-refractivity contribution in [3.8, 4) is 17.2 Å². The van der Waals surface area contributed by atoms with E-state index in [9.17, 15) is 9.90 Å². The summed E-state index contributed by atoms with van der Waals surface area (Å²) in [5, 5.41) is 10.4. The second kappa shape index (κ2) is 10.2. The summed E-state index contributed by atoms with van der Waals surface area (Å²) in [4.78, 5) is 16.6. The van der Waals surface area contributed by atoms with Crippen molar-refractivity contribution in [1.82, 2.24) is 9.55 Å². The van der Waals surface area contributed by atoms with E-state index in [1.54, 1.807) is 10.6 Å². The van der Waals surface area contributed by atoms with E-state index in [1.807, 2.05) is 75.4 Å². The second-order valence-corrected chi connectivity index (χ2v) is 8.68. The summed E-state index contributed by atoms with van der Waals surface area (Å²) in [5.74, 6) is 1.22. The molecule has 2 heterocycles. The van der Waals surface area contributed by atoms with Gasteiger partial charge in [0.2, 0.25) is 5.89 Å². The van der Waals surface area contributed by atoms with Crippen molar-refractivity contribution in [2.24, 2.45) is 0 Å². The quantitative estimate of drug-likeness (QED) is 0.309. The van der Waals surface area contributed by atoms with Gasteiger partial charge in [-0.3, -0.25) is 0 Å². The highest BCUT2D eigenvalue weighted by molar-refractivity contribution is 6.31. The number of carboxylic acids is 1. The van der Waals surface area contributed by atoms with Crippen LogP contribution >= 0.6 is 11.6 Å². The largest absolute Gasteiger partial charge is 0.493 e. The van der Waals surface area contributed by atoms with Crippen molar-refractivity contribution >= 4 is 17.6 Å². The minimum absolute atomic E-state index is 0.350. The molecule has 4 rings (SSSR count). The van der Waals surface area contributed by atoms with Crippen LogP contribution in [0.2, 0.25) is 5.02 Å². The molecule has 0 amide bonds. The first-order chi connectivity index (χ1) is 16.3. The van der Waals surface area contributed by atoms with Crippen LogP contribution in [0.25, 0.3) is 11.5 Å². The molecule has 34 heavy (non-hydrogen) atoms. The Bertz CT molecular complexity index is 1280. The molecule has 0 aliphatic heterocycles. The molecule has 0 aliphatic carbocycles. The number of aliphatic carboxylic acids is 1. The molecule has 0 spiro atoms. The van der Waals surface area contributed by atoms with E-state index in [0.717, 1.165) is 39.7 Å². The minimum atomic E-state index is -0.892. The molecule has 2 aromatic carbocycles. The molecule has 1 atom stereocenters. The first-order valence-electron chi connectivity index (χ1n) is 11.1. The van der Waals surface area contributed by atoms with Crippen molar-refractivity contribution in [3.63, 3.8) is 0 Å². The first-order valence-corrected chi connectivity index (χ1v) is 11.5. The molecular weight excluding hydrogens is 452 g/mol. The van der Waals surface area contributed by atoms with Gasteiger partial charge in [-0.05, 0) is 56.7 Å². The van der Waals surface area contributed by atoms with E-state index in [2.05, 4.69) is 4.98 Å². The highest BCUT2D eigenvalue weighted by atomic mass is 35.5. The Hall–Kier alpha value is -3.51. The number of aryl methyl sites for hydroxylation is 2. The molecule has 4 aromatic rings. The second-order valence-electron chi connectivity index (χ2n) is 8.28. The third kappa shape index (κ3) is 5.18. The average molecular weight is 479 g/mol. The van der Waals surface area contributed by atoms with Crippen LogP contribution in [0.3, 0.4) is 0 Å². The van der Waals surface area contributed by atoms with Crippen LogP contribution in [-0.2, 0) is 17.6 Å². The molecule has 6 nitrogen and oxygen atoms in total. The van der Waals surface area contributed by atoms with Gasteiger partial charge in [0, 0.05) is 29.8 Å². The van der Waals surface area contributed by atoms with E-state index >= 15 is 0 Å². The lowest BCUT2D eigenvalue weighted by molar-refractivity contribution is -0.141. The summed E-state index contributed by atoms with van der Waals surface area (Å²) >= 11 is 6.20. The van der Waals surface area contributed by atoms with Crippen LogP contribution in [0.4, 0.5) is 0 Å². The topological polar surface area (TPSA) is 77.5 Å². The fourth-order valence-electron chi connectivity index (χ4n) is 4.08. The maximum absolute atomic E-state index is 12.0. The Labute approximate surface area is 203 Å². The SMILES string of the molecule is Cc1oc(-c2ccccc2)nc1CCOc1ccc(CC(C(=O)O)n2c(C)cc(Cl)c2C)cc1. The molecule has 0 fully saturated rings. The predicted molar refractivity (Wildman–Crippen MR) is 132 cm³/mol. The van der Waals surface area contributed by atoms with Crippen molar-refractivity contribution < 1.29 is 19.1 Å². The summed E-state index contributed by atoms with van der Waals surface area (Å²) in [6, 6.07) is 18.4. The number of halogens is 1. The summed E-state index contributed by atoms with van der Waals surface area (Å²) in [7, 11) is 0. The zero-order valence-electron chi connectivity index (χ0n) is 19.4. The Morgan fingerprint density at radius 3 is 2.44 bits per heavy atom. The van der Waals surface area contributed by atoms with Crippen molar-refractivity contribution in [2.75, 3.05) is 6.61 Å². The van der Waals surface area contributed by atoms with E-state index in [1.165, 1.54) is 0 Å². The Morgan fingerprint density at radius 1 is 1.12 bits per heavy atom. The highest BCUT2D eigenvalue weighted by Crippen LogP contribution is 2.27. The van der Waals surface area contributed by atoms with Gasteiger partial charge in [0.05, 0.1) is 17.3 Å². The molecule has 1 unspecified atom stereocenters. The van der Waals surface area contributed by atoms with Gasteiger partial charge in [0.15, 0.2) is 0 Å². The molecule has 176 valence electrons. The third-order valence-corrected chi connectivity index (χ3v) is 6.28. The standard InChI is InChI=1S/C27H27ClN2O4/c1-17-15-23(28)18(2)30(17)25(27(31)32)16-20-9-11-22(12-10-20)33-14-13-24-19(3)34-26(29-24)21-7-5-4-6-8-21/h4-12,15,25H,13-14,16H2,1-3H3,(H,31,32). The number of hydrogen-bond donors (Lipinski definition) is 1. The highest BCUT2D eigenvalue weighted by Gasteiger charge is 2.24. The molecule has 0 saturated heterocycles. The molecule has 0 bridgehead atoms.